The van der Waals surface area contributed by atoms with Crippen LogP contribution in [0.1, 0.15) is 12.8 Å². The Kier molecular flexibility index (Phi) is 5.40. The SMILES string of the molecule is CN1CCN(C2CCN(c3ccc(-n4nccc4-c4cccs4)cc3)CC2)CC1. The molecule has 0 bridgehead atoms. The molecule has 152 valence electrons. The van der Waals surface area contributed by atoms with E-state index in [-0.39, 0.29) is 0 Å². The Labute approximate surface area is 177 Å². The minimum Gasteiger partial charge on any atom is -0.371 e. The molecular formula is C23H29N5S. The van der Waals surface area contributed by atoms with Crippen molar-refractivity contribution in [3.63, 3.8) is 0 Å². The summed E-state index contributed by atoms with van der Waals surface area (Å²) in [6.45, 7) is 7.18. The third kappa shape index (κ3) is 3.97. The predicted octanol–water partition coefficient (Wildman–Crippen LogP) is 3.82. The molecule has 2 aromatic heterocycles. The lowest BCUT2D eigenvalue weighted by atomic mass is 10.0. The molecular weight excluding hydrogens is 378 g/mol. The summed E-state index contributed by atoms with van der Waals surface area (Å²) in [5.41, 5.74) is 3.60. The molecule has 2 fully saturated rings. The van der Waals surface area contributed by atoms with Crippen LogP contribution in [-0.2, 0) is 0 Å². The lowest BCUT2D eigenvalue weighted by Crippen LogP contribution is -2.52. The third-order valence-corrected chi connectivity index (χ3v) is 7.29. The van der Waals surface area contributed by atoms with E-state index in [1.165, 1.54) is 49.6 Å². The van der Waals surface area contributed by atoms with E-state index in [1.54, 1.807) is 11.3 Å². The normalized spacial score (nSPS) is 19.7. The van der Waals surface area contributed by atoms with E-state index < -0.39 is 0 Å². The number of likely N-dealkylation sites (N-methyl/N-ethyl adjacent to an activating group) is 1. The molecule has 0 unspecified atom stereocenters. The van der Waals surface area contributed by atoms with Gasteiger partial charge in [-0.3, -0.25) is 4.90 Å². The van der Waals surface area contributed by atoms with E-state index >= 15 is 0 Å². The van der Waals surface area contributed by atoms with Crippen molar-refractivity contribution >= 4 is 17.0 Å². The quantitative estimate of drug-likeness (QED) is 0.657. The number of rotatable bonds is 4. The van der Waals surface area contributed by atoms with Gasteiger partial charge in [0.05, 0.1) is 22.5 Å². The second kappa shape index (κ2) is 8.30. The fourth-order valence-electron chi connectivity index (χ4n) is 4.60. The van der Waals surface area contributed by atoms with Crippen molar-refractivity contribution in [3.8, 4) is 16.3 Å². The van der Waals surface area contributed by atoms with Gasteiger partial charge in [-0.05, 0) is 61.7 Å². The second-order valence-corrected chi connectivity index (χ2v) is 9.13. The Morgan fingerprint density at radius 2 is 1.59 bits per heavy atom. The number of thiophene rings is 1. The smallest absolute Gasteiger partial charge is 0.0840 e. The topological polar surface area (TPSA) is 27.5 Å². The van der Waals surface area contributed by atoms with Crippen molar-refractivity contribution in [1.29, 1.82) is 0 Å². The molecule has 3 aromatic rings. The van der Waals surface area contributed by atoms with E-state index in [9.17, 15) is 0 Å². The highest BCUT2D eigenvalue weighted by Gasteiger charge is 2.26. The number of aromatic nitrogens is 2. The maximum Gasteiger partial charge on any atom is 0.0840 e. The van der Waals surface area contributed by atoms with Crippen LogP contribution < -0.4 is 4.90 Å². The van der Waals surface area contributed by atoms with E-state index in [1.807, 2.05) is 10.9 Å². The second-order valence-electron chi connectivity index (χ2n) is 8.18. The molecule has 0 amide bonds. The molecule has 6 heteroatoms. The first-order valence-corrected chi connectivity index (χ1v) is 11.5. The summed E-state index contributed by atoms with van der Waals surface area (Å²) in [7, 11) is 2.23. The number of hydrogen-bond donors (Lipinski definition) is 0. The van der Waals surface area contributed by atoms with Crippen LogP contribution in [0.2, 0.25) is 0 Å². The Morgan fingerprint density at radius 3 is 2.28 bits per heavy atom. The molecule has 2 saturated heterocycles. The molecule has 2 aliphatic heterocycles. The van der Waals surface area contributed by atoms with E-state index in [0.29, 0.717) is 0 Å². The molecule has 0 N–H and O–H groups in total. The Hall–Kier alpha value is -2.15. The predicted molar refractivity (Wildman–Crippen MR) is 121 cm³/mol. The highest BCUT2D eigenvalue weighted by molar-refractivity contribution is 7.13. The third-order valence-electron chi connectivity index (χ3n) is 6.39. The summed E-state index contributed by atoms with van der Waals surface area (Å²) in [5.74, 6) is 0. The average Bonchev–Trinajstić information content (AvgIpc) is 3.46. The molecule has 0 saturated carbocycles. The monoisotopic (exact) mass is 407 g/mol. The minimum atomic E-state index is 0.761. The maximum atomic E-state index is 4.55. The molecule has 5 nitrogen and oxygen atoms in total. The van der Waals surface area contributed by atoms with Crippen LogP contribution in [0.3, 0.4) is 0 Å². The Bertz CT molecular complexity index is 901. The summed E-state index contributed by atoms with van der Waals surface area (Å²) in [5, 5.41) is 6.67. The van der Waals surface area contributed by atoms with Crippen molar-refractivity contribution in [2.75, 3.05) is 51.2 Å². The van der Waals surface area contributed by atoms with Crippen LogP contribution in [-0.4, -0.2) is 71.9 Å². The number of piperidine rings is 1. The van der Waals surface area contributed by atoms with Crippen LogP contribution in [0.25, 0.3) is 16.3 Å². The van der Waals surface area contributed by atoms with Crippen molar-refractivity contribution in [3.05, 3.63) is 54.0 Å². The number of hydrogen-bond acceptors (Lipinski definition) is 5. The summed E-state index contributed by atoms with van der Waals surface area (Å²) < 4.78 is 2.04. The highest BCUT2D eigenvalue weighted by Crippen LogP contribution is 2.28. The number of nitrogens with zero attached hydrogens (tertiary/aromatic N) is 5. The fourth-order valence-corrected chi connectivity index (χ4v) is 5.34. The van der Waals surface area contributed by atoms with Gasteiger partial charge < -0.3 is 9.80 Å². The fraction of sp³-hybridized carbons (Fsp3) is 0.435. The number of piperazine rings is 1. The first kappa shape index (κ1) is 18.9. The van der Waals surface area contributed by atoms with Crippen molar-refractivity contribution in [2.24, 2.45) is 0 Å². The van der Waals surface area contributed by atoms with Gasteiger partial charge in [0.25, 0.3) is 0 Å². The van der Waals surface area contributed by atoms with Gasteiger partial charge in [0.1, 0.15) is 0 Å². The van der Waals surface area contributed by atoms with E-state index in [4.69, 9.17) is 0 Å². The Balaban J connectivity index is 1.24. The molecule has 2 aliphatic rings. The summed E-state index contributed by atoms with van der Waals surface area (Å²) in [4.78, 5) is 8.94. The molecule has 5 rings (SSSR count). The molecule has 1 aromatic carbocycles. The zero-order valence-electron chi connectivity index (χ0n) is 17.1. The van der Waals surface area contributed by atoms with Gasteiger partial charge in [-0.15, -0.1) is 11.3 Å². The van der Waals surface area contributed by atoms with Crippen molar-refractivity contribution < 1.29 is 0 Å². The summed E-state index contributed by atoms with van der Waals surface area (Å²) >= 11 is 1.75. The van der Waals surface area contributed by atoms with Gasteiger partial charge in [-0.2, -0.15) is 5.10 Å². The van der Waals surface area contributed by atoms with E-state index in [2.05, 4.69) is 74.7 Å². The largest absolute Gasteiger partial charge is 0.371 e. The lowest BCUT2D eigenvalue weighted by molar-refractivity contribution is 0.0982. The first-order valence-electron chi connectivity index (χ1n) is 10.6. The van der Waals surface area contributed by atoms with Crippen molar-refractivity contribution in [2.45, 2.75) is 18.9 Å². The van der Waals surface area contributed by atoms with Gasteiger partial charge in [0.15, 0.2) is 0 Å². The van der Waals surface area contributed by atoms with Gasteiger partial charge in [0.2, 0.25) is 0 Å². The van der Waals surface area contributed by atoms with Gasteiger partial charge in [0, 0.05) is 51.0 Å². The molecule has 4 heterocycles. The van der Waals surface area contributed by atoms with Crippen LogP contribution in [0.5, 0.6) is 0 Å². The van der Waals surface area contributed by atoms with Crippen LogP contribution in [0.4, 0.5) is 5.69 Å². The molecule has 0 atom stereocenters. The zero-order chi connectivity index (χ0) is 19.6. The first-order chi connectivity index (χ1) is 14.3. The molecule has 0 spiro atoms. The number of anilines is 1. The number of benzene rings is 1. The standard InChI is InChI=1S/C23H29N5S/c1-25-14-16-27(17-15-25)20-9-12-26(13-10-20)19-4-6-21(7-5-19)28-22(8-11-24-28)23-3-2-18-29-23/h2-8,11,18,20H,9-10,12-17H2,1H3. The van der Waals surface area contributed by atoms with Crippen LogP contribution in [0, 0.1) is 0 Å². The van der Waals surface area contributed by atoms with Crippen LogP contribution >= 0.6 is 11.3 Å². The molecule has 0 radical (unpaired) electrons. The molecule has 0 aliphatic carbocycles. The molecule has 29 heavy (non-hydrogen) atoms. The highest BCUT2D eigenvalue weighted by atomic mass is 32.1. The summed E-state index contributed by atoms with van der Waals surface area (Å²) in [6, 6.07) is 16.0. The Morgan fingerprint density at radius 1 is 0.862 bits per heavy atom. The maximum absolute atomic E-state index is 4.55. The van der Waals surface area contributed by atoms with Gasteiger partial charge >= 0.3 is 0 Å². The van der Waals surface area contributed by atoms with Gasteiger partial charge in [-0.1, -0.05) is 6.07 Å². The summed E-state index contributed by atoms with van der Waals surface area (Å²) in [6.07, 6.45) is 4.42. The van der Waals surface area contributed by atoms with Gasteiger partial charge in [-0.25, -0.2) is 4.68 Å². The zero-order valence-corrected chi connectivity index (χ0v) is 17.9. The average molecular weight is 408 g/mol. The minimum absolute atomic E-state index is 0.761. The lowest BCUT2D eigenvalue weighted by Gasteiger charge is -2.42. The van der Waals surface area contributed by atoms with Crippen molar-refractivity contribution in [1.82, 2.24) is 19.6 Å². The van der Waals surface area contributed by atoms with Crippen LogP contribution in [0.15, 0.2) is 54.0 Å². The van der Waals surface area contributed by atoms with E-state index in [0.717, 1.165) is 30.5 Å².